The average Bonchev–Trinajstić information content (AvgIpc) is 2.70. The number of ether oxygens (including phenoxy) is 4. The van der Waals surface area contributed by atoms with Crippen LogP contribution in [-0.2, 0) is 23.7 Å². The molecule has 1 heterocycles. The van der Waals surface area contributed by atoms with Crippen LogP contribution < -0.4 is 0 Å². The van der Waals surface area contributed by atoms with Crippen molar-refractivity contribution in [3.05, 3.63) is 0 Å². The molecule has 0 aromatic rings. The molecule has 2 N–H and O–H groups in total. The minimum absolute atomic E-state index is 0.0382. The molecule has 1 rings (SSSR count). The van der Waals surface area contributed by atoms with Crippen molar-refractivity contribution < 1.29 is 34.0 Å². The van der Waals surface area contributed by atoms with E-state index in [2.05, 4.69) is 0 Å². The van der Waals surface area contributed by atoms with Crippen molar-refractivity contribution in [1.29, 1.82) is 0 Å². The Morgan fingerprint density at radius 1 is 1.39 bits per heavy atom. The molecule has 0 aromatic carbocycles. The minimum atomic E-state index is -1.03. The van der Waals surface area contributed by atoms with Gasteiger partial charge in [0.25, 0.3) is 0 Å². The van der Waals surface area contributed by atoms with Crippen LogP contribution in [0.1, 0.15) is 13.3 Å². The van der Waals surface area contributed by atoms with Crippen molar-refractivity contribution in [2.75, 3.05) is 39.6 Å². The van der Waals surface area contributed by atoms with Crippen LogP contribution in [0.3, 0.4) is 0 Å². The first-order chi connectivity index (χ1) is 8.59. The van der Waals surface area contributed by atoms with Crippen LogP contribution in [0.15, 0.2) is 0 Å². The fourth-order valence-corrected chi connectivity index (χ4v) is 1.57. The fraction of sp³-hybridized carbons (Fsp3) is 0.909. The third kappa shape index (κ3) is 5.28. The summed E-state index contributed by atoms with van der Waals surface area (Å²) in [6.45, 7) is 2.28. The molecule has 2 atom stereocenters. The van der Waals surface area contributed by atoms with Gasteiger partial charge in [0.2, 0.25) is 0 Å². The summed E-state index contributed by atoms with van der Waals surface area (Å²) in [5.41, 5.74) is 0. The zero-order valence-electron chi connectivity index (χ0n) is 10.5. The van der Waals surface area contributed by atoms with E-state index in [4.69, 9.17) is 29.2 Å². The second-order valence-electron chi connectivity index (χ2n) is 4.10. The van der Waals surface area contributed by atoms with Gasteiger partial charge in [-0.15, -0.1) is 0 Å². The van der Waals surface area contributed by atoms with E-state index in [1.54, 1.807) is 6.92 Å². The molecule has 1 fully saturated rings. The van der Waals surface area contributed by atoms with Crippen LogP contribution in [0.25, 0.3) is 0 Å². The average molecular weight is 264 g/mol. The van der Waals surface area contributed by atoms with Gasteiger partial charge in [0.1, 0.15) is 12.7 Å². The van der Waals surface area contributed by atoms with Crippen LogP contribution in [0, 0.1) is 0 Å². The maximum atomic E-state index is 11.5. The van der Waals surface area contributed by atoms with E-state index in [9.17, 15) is 4.79 Å². The number of hydrogen-bond donors (Lipinski definition) is 2. The first-order valence-electron chi connectivity index (χ1n) is 5.86. The predicted molar refractivity (Wildman–Crippen MR) is 59.8 cm³/mol. The van der Waals surface area contributed by atoms with E-state index in [1.165, 1.54) is 0 Å². The van der Waals surface area contributed by atoms with Crippen molar-refractivity contribution in [3.8, 4) is 0 Å². The molecule has 0 amide bonds. The van der Waals surface area contributed by atoms with Gasteiger partial charge in [-0.25, -0.2) is 0 Å². The van der Waals surface area contributed by atoms with Gasteiger partial charge in [-0.2, -0.15) is 0 Å². The highest BCUT2D eigenvalue weighted by atomic mass is 16.7. The van der Waals surface area contributed by atoms with Gasteiger partial charge in [-0.3, -0.25) is 4.79 Å². The largest absolute Gasteiger partial charge is 0.463 e. The molecule has 0 saturated carbocycles. The SMILES string of the molecule is CC1(CC(=O)OCCOCCO)OCC(CO)O1. The summed E-state index contributed by atoms with van der Waals surface area (Å²) in [4.78, 5) is 11.5. The third-order valence-electron chi connectivity index (χ3n) is 2.39. The highest BCUT2D eigenvalue weighted by Crippen LogP contribution is 2.26. The lowest BCUT2D eigenvalue weighted by atomic mass is 10.2. The van der Waals surface area contributed by atoms with Crippen LogP contribution in [0.2, 0.25) is 0 Å². The smallest absolute Gasteiger partial charge is 0.311 e. The Kier molecular flexibility index (Phi) is 6.51. The molecule has 18 heavy (non-hydrogen) atoms. The van der Waals surface area contributed by atoms with E-state index < -0.39 is 17.9 Å². The molecule has 1 aliphatic heterocycles. The molecule has 7 nitrogen and oxygen atoms in total. The Morgan fingerprint density at radius 2 is 2.17 bits per heavy atom. The second kappa shape index (κ2) is 7.65. The van der Waals surface area contributed by atoms with Crippen LogP contribution in [0.4, 0.5) is 0 Å². The molecule has 0 bridgehead atoms. The first-order valence-corrected chi connectivity index (χ1v) is 5.86. The predicted octanol–water partition coefficient (Wildman–Crippen LogP) is -0.947. The van der Waals surface area contributed by atoms with E-state index >= 15 is 0 Å². The molecule has 1 saturated heterocycles. The zero-order chi connectivity index (χ0) is 13.4. The fourth-order valence-electron chi connectivity index (χ4n) is 1.57. The number of carbonyl (C=O) groups excluding carboxylic acids is 1. The van der Waals surface area contributed by atoms with Gasteiger partial charge >= 0.3 is 5.97 Å². The Morgan fingerprint density at radius 3 is 2.78 bits per heavy atom. The number of hydrogen-bond acceptors (Lipinski definition) is 7. The molecule has 0 aliphatic carbocycles. The molecule has 0 spiro atoms. The number of carbonyl (C=O) groups is 1. The lowest BCUT2D eigenvalue weighted by Crippen LogP contribution is -2.31. The Balaban J connectivity index is 2.16. The maximum absolute atomic E-state index is 11.5. The highest BCUT2D eigenvalue weighted by molar-refractivity contribution is 5.70. The van der Waals surface area contributed by atoms with Crippen molar-refractivity contribution in [2.24, 2.45) is 0 Å². The summed E-state index contributed by atoms with van der Waals surface area (Å²) < 4.78 is 20.5. The normalized spacial score (nSPS) is 27.4. The third-order valence-corrected chi connectivity index (χ3v) is 2.39. The minimum Gasteiger partial charge on any atom is -0.463 e. The maximum Gasteiger partial charge on any atom is 0.311 e. The van der Waals surface area contributed by atoms with E-state index in [-0.39, 0.29) is 46.1 Å². The Bertz CT molecular complexity index is 258. The highest BCUT2D eigenvalue weighted by Gasteiger charge is 2.39. The lowest BCUT2D eigenvalue weighted by molar-refractivity contribution is -0.182. The topological polar surface area (TPSA) is 94.5 Å². The van der Waals surface area contributed by atoms with Gasteiger partial charge in [0.05, 0.1) is 39.5 Å². The molecule has 2 unspecified atom stereocenters. The van der Waals surface area contributed by atoms with Crippen molar-refractivity contribution >= 4 is 5.97 Å². The molecule has 1 aliphatic rings. The van der Waals surface area contributed by atoms with Gasteiger partial charge in [0.15, 0.2) is 5.79 Å². The quantitative estimate of drug-likeness (QED) is 0.431. The van der Waals surface area contributed by atoms with Crippen molar-refractivity contribution in [1.82, 2.24) is 0 Å². The Labute approximate surface area is 106 Å². The summed E-state index contributed by atoms with van der Waals surface area (Å²) in [5.74, 6) is -1.49. The van der Waals surface area contributed by atoms with E-state index in [0.29, 0.717) is 0 Å². The second-order valence-corrected chi connectivity index (χ2v) is 4.10. The molecule has 0 radical (unpaired) electrons. The van der Waals surface area contributed by atoms with E-state index in [0.717, 1.165) is 0 Å². The molecule has 7 heteroatoms. The summed E-state index contributed by atoms with van der Waals surface area (Å²) >= 11 is 0. The number of aliphatic hydroxyl groups is 2. The van der Waals surface area contributed by atoms with Crippen LogP contribution >= 0.6 is 0 Å². The number of aliphatic hydroxyl groups excluding tert-OH is 2. The zero-order valence-corrected chi connectivity index (χ0v) is 10.5. The van der Waals surface area contributed by atoms with Gasteiger partial charge in [-0.1, -0.05) is 0 Å². The molecule has 0 aromatic heterocycles. The molecule has 106 valence electrons. The van der Waals surface area contributed by atoms with Crippen molar-refractivity contribution in [3.63, 3.8) is 0 Å². The first kappa shape index (κ1) is 15.3. The number of esters is 1. The lowest BCUT2D eigenvalue weighted by Gasteiger charge is -2.21. The van der Waals surface area contributed by atoms with Gasteiger partial charge in [0, 0.05) is 0 Å². The Hall–Kier alpha value is -0.730. The molecular formula is C11H20O7. The van der Waals surface area contributed by atoms with Gasteiger partial charge in [-0.05, 0) is 6.92 Å². The number of rotatable bonds is 8. The molecular weight excluding hydrogens is 244 g/mol. The standard InChI is InChI=1S/C11H20O7/c1-11(17-8-9(7-13)18-11)6-10(14)16-5-4-15-3-2-12/h9,12-13H,2-8H2,1H3. The summed E-state index contributed by atoms with van der Waals surface area (Å²) in [6, 6.07) is 0. The van der Waals surface area contributed by atoms with Crippen LogP contribution in [0.5, 0.6) is 0 Å². The monoisotopic (exact) mass is 264 g/mol. The summed E-state index contributed by atoms with van der Waals surface area (Å²) in [5, 5.41) is 17.4. The van der Waals surface area contributed by atoms with Crippen molar-refractivity contribution in [2.45, 2.75) is 25.2 Å². The van der Waals surface area contributed by atoms with E-state index in [1.807, 2.05) is 0 Å². The van der Waals surface area contributed by atoms with Gasteiger partial charge < -0.3 is 29.2 Å². The van der Waals surface area contributed by atoms with Crippen LogP contribution in [-0.4, -0.2) is 67.7 Å². The summed E-state index contributed by atoms with van der Waals surface area (Å²) in [6.07, 6.45) is -0.431. The summed E-state index contributed by atoms with van der Waals surface area (Å²) in [7, 11) is 0.